The van der Waals surface area contributed by atoms with Crippen molar-refractivity contribution >= 4 is 5.71 Å². The van der Waals surface area contributed by atoms with Gasteiger partial charge in [-0.25, -0.2) is 0 Å². The predicted octanol–water partition coefficient (Wildman–Crippen LogP) is 2.39. The summed E-state index contributed by atoms with van der Waals surface area (Å²) in [6.45, 7) is 1.92. The molecule has 0 saturated carbocycles. The molecule has 2 heteroatoms. The summed E-state index contributed by atoms with van der Waals surface area (Å²) >= 11 is 0. The molecule has 0 aromatic heterocycles. The molecule has 0 aliphatic rings. The molecule has 0 spiro atoms. The lowest BCUT2D eigenvalue weighted by atomic mass is 10.1. The van der Waals surface area contributed by atoms with Gasteiger partial charge in [-0.05, 0) is 25.1 Å². The number of phenols is 1. The van der Waals surface area contributed by atoms with Crippen molar-refractivity contribution in [1.29, 1.82) is 0 Å². The standard InChI is InChI=1S/C11H13NO/c1-3-6-10(12-2)9-7-4-5-8-11(9)13/h3-8,13H,1-2H3/b6-3-,12-10?. The van der Waals surface area contributed by atoms with E-state index in [4.69, 9.17) is 0 Å². The van der Waals surface area contributed by atoms with Gasteiger partial charge < -0.3 is 5.11 Å². The van der Waals surface area contributed by atoms with Gasteiger partial charge in [-0.3, -0.25) is 4.99 Å². The largest absolute Gasteiger partial charge is 0.507 e. The summed E-state index contributed by atoms with van der Waals surface area (Å²) in [7, 11) is 1.71. The average molecular weight is 175 g/mol. The minimum absolute atomic E-state index is 0.265. The smallest absolute Gasteiger partial charge is 0.124 e. The second-order valence-electron chi connectivity index (χ2n) is 2.63. The Labute approximate surface area is 78.3 Å². The highest BCUT2D eigenvalue weighted by Crippen LogP contribution is 2.16. The summed E-state index contributed by atoms with van der Waals surface area (Å²) in [5.74, 6) is 0.265. The van der Waals surface area contributed by atoms with Crippen molar-refractivity contribution in [1.82, 2.24) is 0 Å². The first kappa shape index (κ1) is 9.52. The van der Waals surface area contributed by atoms with Crippen LogP contribution in [0, 0.1) is 0 Å². The van der Waals surface area contributed by atoms with E-state index in [0.717, 1.165) is 11.3 Å². The molecular weight excluding hydrogens is 162 g/mol. The maximum absolute atomic E-state index is 9.52. The van der Waals surface area contributed by atoms with Crippen molar-refractivity contribution in [3.8, 4) is 5.75 Å². The molecule has 1 aromatic carbocycles. The monoisotopic (exact) mass is 175 g/mol. The van der Waals surface area contributed by atoms with E-state index in [1.807, 2.05) is 31.2 Å². The second-order valence-corrected chi connectivity index (χ2v) is 2.63. The zero-order chi connectivity index (χ0) is 9.68. The summed E-state index contributed by atoms with van der Waals surface area (Å²) in [6, 6.07) is 7.17. The van der Waals surface area contributed by atoms with Gasteiger partial charge in [0.15, 0.2) is 0 Å². The lowest BCUT2D eigenvalue weighted by Gasteiger charge is -2.02. The van der Waals surface area contributed by atoms with Gasteiger partial charge in [0, 0.05) is 12.6 Å². The van der Waals surface area contributed by atoms with Crippen molar-refractivity contribution < 1.29 is 5.11 Å². The number of benzene rings is 1. The van der Waals surface area contributed by atoms with Crippen molar-refractivity contribution in [3.63, 3.8) is 0 Å². The van der Waals surface area contributed by atoms with Crippen molar-refractivity contribution in [2.24, 2.45) is 4.99 Å². The van der Waals surface area contributed by atoms with Crippen molar-refractivity contribution in [2.75, 3.05) is 7.05 Å². The van der Waals surface area contributed by atoms with E-state index < -0.39 is 0 Å². The Kier molecular flexibility index (Phi) is 3.26. The fourth-order valence-corrected chi connectivity index (χ4v) is 1.13. The Morgan fingerprint density at radius 3 is 2.62 bits per heavy atom. The van der Waals surface area contributed by atoms with Crippen LogP contribution in [0.1, 0.15) is 12.5 Å². The van der Waals surface area contributed by atoms with Crippen LogP contribution in [0.5, 0.6) is 5.75 Å². The number of para-hydroxylation sites is 1. The van der Waals surface area contributed by atoms with Gasteiger partial charge >= 0.3 is 0 Å². The lowest BCUT2D eigenvalue weighted by molar-refractivity contribution is 0.474. The molecule has 1 aromatic rings. The number of nitrogens with zero attached hydrogens (tertiary/aromatic N) is 1. The molecule has 0 aliphatic heterocycles. The van der Waals surface area contributed by atoms with Crippen LogP contribution in [0.25, 0.3) is 0 Å². The molecule has 0 saturated heterocycles. The third-order valence-corrected chi connectivity index (χ3v) is 1.75. The van der Waals surface area contributed by atoms with Crippen LogP contribution < -0.4 is 0 Å². The van der Waals surface area contributed by atoms with E-state index in [9.17, 15) is 5.11 Å². The zero-order valence-corrected chi connectivity index (χ0v) is 7.86. The number of phenolic OH excluding ortho intramolecular Hbond substituents is 1. The van der Waals surface area contributed by atoms with Crippen molar-refractivity contribution in [3.05, 3.63) is 42.0 Å². The Bertz CT molecular complexity index is 340. The SMILES string of the molecule is C/C=C\C(=NC)c1ccccc1O. The predicted molar refractivity (Wildman–Crippen MR) is 55.4 cm³/mol. The van der Waals surface area contributed by atoms with Crippen LogP contribution >= 0.6 is 0 Å². The normalized spacial score (nSPS) is 12.3. The molecule has 0 radical (unpaired) electrons. The molecule has 13 heavy (non-hydrogen) atoms. The van der Waals surface area contributed by atoms with E-state index in [2.05, 4.69) is 4.99 Å². The fraction of sp³-hybridized carbons (Fsp3) is 0.182. The molecule has 0 bridgehead atoms. The molecule has 68 valence electrons. The summed E-state index contributed by atoms with van der Waals surface area (Å²) in [5, 5.41) is 9.52. The number of allylic oxidation sites excluding steroid dienone is 2. The van der Waals surface area contributed by atoms with Crippen LogP contribution in [-0.4, -0.2) is 17.9 Å². The van der Waals surface area contributed by atoms with Gasteiger partial charge in [0.25, 0.3) is 0 Å². The molecule has 2 nitrogen and oxygen atoms in total. The molecule has 1 rings (SSSR count). The van der Waals surface area contributed by atoms with Crippen LogP contribution in [0.2, 0.25) is 0 Å². The van der Waals surface area contributed by atoms with E-state index in [0.29, 0.717) is 0 Å². The van der Waals surface area contributed by atoms with Crippen molar-refractivity contribution in [2.45, 2.75) is 6.92 Å². The topological polar surface area (TPSA) is 32.6 Å². The van der Waals surface area contributed by atoms with Crippen LogP contribution in [0.15, 0.2) is 41.4 Å². The van der Waals surface area contributed by atoms with E-state index in [-0.39, 0.29) is 5.75 Å². The van der Waals surface area contributed by atoms with Crippen LogP contribution in [-0.2, 0) is 0 Å². The first-order valence-corrected chi connectivity index (χ1v) is 4.17. The van der Waals surface area contributed by atoms with E-state index in [1.165, 1.54) is 0 Å². The molecule has 0 atom stereocenters. The quantitative estimate of drug-likeness (QED) is 0.688. The minimum Gasteiger partial charge on any atom is -0.507 e. The van der Waals surface area contributed by atoms with Gasteiger partial charge in [-0.2, -0.15) is 0 Å². The average Bonchev–Trinajstić information content (AvgIpc) is 2.16. The summed E-state index contributed by atoms with van der Waals surface area (Å²) in [4.78, 5) is 4.08. The number of hydrogen-bond acceptors (Lipinski definition) is 2. The van der Waals surface area contributed by atoms with Gasteiger partial charge in [0.05, 0.1) is 5.71 Å². The minimum atomic E-state index is 0.265. The molecule has 0 unspecified atom stereocenters. The number of hydrogen-bond donors (Lipinski definition) is 1. The maximum atomic E-state index is 9.52. The maximum Gasteiger partial charge on any atom is 0.124 e. The zero-order valence-electron chi connectivity index (χ0n) is 7.86. The van der Waals surface area contributed by atoms with Crippen LogP contribution in [0.4, 0.5) is 0 Å². The Hall–Kier alpha value is -1.57. The lowest BCUT2D eigenvalue weighted by Crippen LogP contribution is -1.96. The van der Waals surface area contributed by atoms with Gasteiger partial charge in [0.1, 0.15) is 5.75 Å². The highest BCUT2D eigenvalue weighted by atomic mass is 16.3. The van der Waals surface area contributed by atoms with Gasteiger partial charge in [-0.1, -0.05) is 18.2 Å². The summed E-state index contributed by atoms with van der Waals surface area (Å²) in [6.07, 6.45) is 3.77. The number of rotatable bonds is 2. The highest BCUT2D eigenvalue weighted by molar-refractivity contribution is 6.10. The summed E-state index contributed by atoms with van der Waals surface area (Å²) < 4.78 is 0. The molecule has 0 amide bonds. The van der Waals surface area contributed by atoms with Gasteiger partial charge in [-0.15, -0.1) is 0 Å². The Balaban J connectivity index is 3.13. The molecule has 0 heterocycles. The van der Waals surface area contributed by atoms with E-state index >= 15 is 0 Å². The molecule has 0 aliphatic carbocycles. The van der Waals surface area contributed by atoms with E-state index in [1.54, 1.807) is 19.2 Å². The summed E-state index contributed by atoms with van der Waals surface area (Å²) in [5.41, 5.74) is 1.56. The molecular formula is C11H13NO. The first-order chi connectivity index (χ1) is 6.29. The van der Waals surface area contributed by atoms with Crippen LogP contribution in [0.3, 0.4) is 0 Å². The Morgan fingerprint density at radius 2 is 2.08 bits per heavy atom. The number of aromatic hydroxyl groups is 1. The number of aliphatic imine (C=N–C) groups is 1. The first-order valence-electron chi connectivity index (χ1n) is 4.17. The molecule has 0 fully saturated rings. The Morgan fingerprint density at radius 1 is 1.38 bits per heavy atom. The molecule has 1 N–H and O–H groups in total. The third-order valence-electron chi connectivity index (χ3n) is 1.75. The third kappa shape index (κ3) is 2.18. The fourth-order valence-electron chi connectivity index (χ4n) is 1.13. The highest BCUT2D eigenvalue weighted by Gasteiger charge is 2.02. The van der Waals surface area contributed by atoms with Gasteiger partial charge in [0.2, 0.25) is 0 Å². The second kappa shape index (κ2) is 4.45.